The SMILES string of the molecule is C=C1C(=O)N(c2cc(OC)c(OC)c(OC)c2)[C@H]1c1ccc(OC)c(/C=C/C(=O)NO)c1. The predicted molar refractivity (Wildman–Crippen MR) is 117 cm³/mol. The summed E-state index contributed by atoms with van der Waals surface area (Å²) in [5.41, 5.74) is 3.84. The molecule has 3 rings (SSSR count). The molecule has 1 saturated heterocycles. The van der Waals surface area contributed by atoms with E-state index in [1.807, 2.05) is 6.07 Å². The molecule has 0 spiro atoms. The summed E-state index contributed by atoms with van der Waals surface area (Å²) >= 11 is 0. The summed E-state index contributed by atoms with van der Waals surface area (Å²) in [7, 11) is 6.01. The van der Waals surface area contributed by atoms with E-state index < -0.39 is 11.9 Å². The number of anilines is 1. The molecule has 0 radical (unpaired) electrons. The summed E-state index contributed by atoms with van der Waals surface area (Å²) in [4.78, 5) is 25.7. The number of methoxy groups -OCH3 is 4. The van der Waals surface area contributed by atoms with Crippen molar-refractivity contribution in [2.75, 3.05) is 33.3 Å². The van der Waals surface area contributed by atoms with E-state index in [0.29, 0.717) is 39.8 Å². The third-order valence-corrected chi connectivity index (χ3v) is 5.10. The van der Waals surface area contributed by atoms with Gasteiger partial charge in [0.25, 0.3) is 11.8 Å². The van der Waals surface area contributed by atoms with Crippen molar-refractivity contribution in [1.29, 1.82) is 0 Å². The van der Waals surface area contributed by atoms with Crippen LogP contribution in [-0.2, 0) is 9.59 Å². The lowest BCUT2D eigenvalue weighted by Crippen LogP contribution is -2.48. The van der Waals surface area contributed by atoms with Gasteiger partial charge in [-0.15, -0.1) is 0 Å². The molecule has 0 saturated carbocycles. The van der Waals surface area contributed by atoms with Gasteiger partial charge in [0.2, 0.25) is 5.75 Å². The number of benzene rings is 2. The molecule has 2 N–H and O–H groups in total. The lowest BCUT2D eigenvalue weighted by atomic mass is 9.87. The Morgan fingerprint density at radius 1 is 1.03 bits per heavy atom. The van der Waals surface area contributed by atoms with Gasteiger partial charge in [0.1, 0.15) is 5.75 Å². The van der Waals surface area contributed by atoms with Crippen LogP contribution in [0.5, 0.6) is 23.0 Å². The predicted octanol–water partition coefficient (Wildman–Crippen LogP) is 2.88. The van der Waals surface area contributed by atoms with Crippen LogP contribution in [0.1, 0.15) is 17.2 Å². The summed E-state index contributed by atoms with van der Waals surface area (Å²) in [5.74, 6) is 0.850. The number of hydrogen-bond acceptors (Lipinski definition) is 7. The second-order valence-corrected chi connectivity index (χ2v) is 6.80. The second kappa shape index (κ2) is 9.44. The Balaban J connectivity index is 2.05. The average molecular weight is 440 g/mol. The molecule has 0 unspecified atom stereocenters. The Morgan fingerprint density at radius 3 is 2.19 bits per heavy atom. The highest BCUT2D eigenvalue weighted by Gasteiger charge is 2.43. The summed E-state index contributed by atoms with van der Waals surface area (Å²) in [6, 6.07) is 8.26. The standard InChI is InChI=1S/C23H24N2O7/c1-13-21(15-6-8-17(29-2)14(10-15)7-9-20(26)24-28)25(23(13)27)16-11-18(30-3)22(32-5)19(12-16)31-4/h6-12,21,28H,1H2,2-5H3,(H,24,26)/b9-7+/t21-/m1/s1. The minimum Gasteiger partial charge on any atom is -0.496 e. The van der Waals surface area contributed by atoms with Crippen LogP contribution in [0.2, 0.25) is 0 Å². The first-order chi connectivity index (χ1) is 15.4. The minimum absolute atomic E-state index is 0.239. The summed E-state index contributed by atoms with van der Waals surface area (Å²) in [5, 5.41) is 8.71. The Hall–Kier alpha value is -3.98. The number of nitrogens with one attached hydrogen (secondary N) is 1. The van der Waals surface area contributed by atoms with Gasteiger partial charge in [-0.05, 0) is 23.8 Å². The maximum Gasteiger partial charge on any atom is 0.267 e. The molecule has 9 heteroatoms. The van der Waals surface area contributed by atoms with Gasteiger partial charge in [-0.2, -0.15) is 0 Å². The zero-order valence-corrected chi connectivity index (χ0v) is 18.2. The number of amides is 2. The van der Waals surface area contributed by atoms with Crippen molar-refractivity contribution in [3.63, 3.8) is 0 Å². The van der Waals surface area contributed by atoms with Crippen molar-refractivity contribution in [2.45, 2.75) is 6.04 Å². The molecule has 1 atom stereocenters. The number of carbonyl (C=O) groups is 2. The van der Waals surface area contributed by atoms with Crippen molar-refractivity contribution in [2.24, 2.45) is 0 Å². The number of hydrogen-bond donors (Lipinski definition) is 2. The van der Waals surface area contributed by atoms with Crippen LogP contribution in [0.15, 0.2) is 48.6 Å². The second-order valence-electron chi connectivity index (χ2n) is 6.80. The molecule has 1 fully saturated rings. The van der Waals surface area contributed by atoms with Gasteiger partial charge in [-0.25, -0.2) is 5.48 Å². The molecule has 0 aliphatic carbocycles. The van der Waals surface area contributed by atoms with Crippen molar-refractivity contribution < 1.29 is 33.7 Å². The largest absolute Gasteiger partial charge is 0.496 e. The third kappa shape index (κ3) is 3.97. The van der Waals surface area contributed by atoms with Crippen LogP contribution < -0.4 is 29.3 Å². The number of ether oxygens (including phenoxy) is 4. The van der Waals surface area contributed by atoms with E-state index in [1.54, 1.807) is 29.2 Å². The Morgan fingerprint density at radius 2 is 1.66 bits per heavy atom. The van der Waals surface area contributed by atoms with E-state index in [2.05, 4.69) is 6.58 Å². The van der Waals surface area contributed by atoms with E-state index in [1.165, 1.54) is 46.1 Å². The number of hydroxylamine groups is 1. The zero-order valence-electron chi connectivity index (χ0n) is 18.2. The maximum atomic E-state index is 12.8. The van der Waals surface area contributed by atoms with E-state index in [0.717, 1.165) is 5.56 Å². The van der Waals surface area contributed by atoms with E-state index in [9.17, 15) is 9.59 Å². The topological polar surface area (TPSA) is 107 Å². The molecular formula is C23H24N2O7. The van der Waals surface area contributed by atoms with Crippen LogP contribution in [-0.4, -0.2) is 45.5 Å². The van der Waals surface area contributed by atoms with Crippen molar-refractivity contribution >= 4 is 23.6 Å². The van der Waals surface area contributed by atoms with Gasteiger partial charge in [0, 0.05) is 29.3 Å². The molecule has 2 aromatic rings. The Bertz CT molecular complexity index is 1070. The smallest absolute Gasteiger partial charge is 0.267 e. The summed E-state index contributed by atoms with van der Waals surface area (Å²) in [6.45, 7) is 3.93. The van der Waals surface area contributed by atoms with Gasteiger partial charge < -0.3 is 18.9 Å². The first-order valence-electron chi connectivity index (χ1n) is 9.52. The number of carbonyl (C=O) groups excluding carboxylic acids is 2. The van der Waals surface area contributed by atoms with Gasteiger partial charge in [0.05, 0.1) is 40.2 Å². The van der Waals surface area contributed by atoms with E-state index in [4.69, 9.17) is 24.2 Å². The molecule has 32 heavy (non-hydrogen) atoms. The number of rotatable bonds is 8. The third-order valence-electron chi connectivity index (χ3n) is 5.10. The molecule has 2 aromatic carbocycles. The quantitative estimate of drug-likeness (QED) is 0.281. The first kappa shape index (κ1) is 22.7. The number of nitrogens with zero attached hydrogens (tertiary/aromatic N) is 1. The maximum absolute atomic E-state index is 12.8. The minimum atomic E-state index is -0.681. The highest BCUT2D eigenvalue weighted by molar-refractivity contribution is 6.15. The van der Waals surface area contributed by atoms with Crippen molar-refractivity contribution in [1.82, 2.24) is 5.48 Å². The Labute approximate surface area is 185 Å². The highest BCUT2D eigenvalue weighted by Crippen LogP contribution is 2.48. The van der Waals surface area contributed by atoms with Gasteiger partial charge in [-0.1, -0.05) is 12.6 Å². The lowest BCUT2D eigenvalue weighted by Gasteiger charge is -2.43. The van der Waals surface area contributed by atoms with Crippen molar-refractivity contribution in [3.8, 4) is 23.0 Å². The first-order valence-corrected chi connectivity index (χ1v) is 9.52. The molecule has 0 aromatic heterocycles. The Kier molecular flexibility index (Phi) is 6.70. The van der Waals surface area contributed by atoms with Crippen LogP contribution in [0.4, 0.5) is 5.69 Å². The molecule has 2 amide bonds. The molecule has 9 nitrogen and oxygen atoms in total. The molecule has 1 aliphatic heterocycles. The van der Waals surface area contributed by atoms with Crippen LogP contribution in [0.3, 0.4) is 0 Å². The molecule has 0 bridgehead atoms. The monoisotopic (exact) mass is 440 g/mol. The lowest BCUT2D eigenvalue weighted by molar-refractivity contribution is -0.124. The normalized spacial score (nSPS) is 15.4. The highest BCUT2D eigenvalue weighted by atomic mass is 16.5. The molecule has 1 aliphatic rings. The molecular weight excluding hydrogens is 416 g/mol. The van der Waals surface area contributed by atoms with Crippen molar-refractivity contribution in [3.05, 3.63) is 59.7 Å². The van der Waals surface area contributed by atoms with Crippen LogP contribution in [0.25, 0.3) is 6.08 Å². The molecule has 168 valence electrons. The van der Waals surface area contributed by atoms with E-state index >= 15 is 0 Å². The summed E-state index contributed by atoms with van der Waals surface area (Å²) < 4.78 is 21.5. The fourth-order valence-electron chi connectivity index (χ4n) is 3.56. The fourth-order valence-corrected chi connectivity index (χ4v) is 3.56. The zero-order chi connectivity index (χ0) is 23.4. The average Bonchev–Trinajstić information content (AvgIpc) is 2.83. The fraction of sp³-hybridized carbons (Fsp3) is 0.217. The van der Waals surface area contributed by atoms with Gasteiger partial charge in [-0.3, -0.25) is 19.7 Å². The van der Waals surface area contributed by atoms with Gasteiger partial charge in [0.15, 0.2) is 11.5 Å². The molecule has 1 heterocycles. The van der Waals surface area contributed by atoms with Crippen LogP contribution >= 0.6 is 0 Å². The number of β-lactam (4-membered cyclic amide) rings is 1. The van der Waals surface area contributed by atoms with E-state index in [-0.39, 0.29) is 5.91 Å². The summed E-state index contributed by atoms with van der Waals surface area (Å²) in [6.07, 6.45) is 2.67. The van der Waals surface area contributed by atoms with Gasteiger partial charge >= 0.3 is 0 Å². The van der Waals surface area contributed by atoms with Crippen LogP contribution in [0, 0.1) is 0 Å².